The Morgan fingerprint density at radius 1 is 0.533 bits per heavy atom. The largest absolute Gasteiger partial charge is 0.489 e. The number of ether oxygens (including phenoxy) is 2. The van der Waals surface area contributed by atoms with E-state index < -0.39 is 11.2 Å². The Hall–Kier alpha value is -2.82. The van der Waals surface area contributed by atoms with Gasteiger partial charge in [-0.05, 0) is 74.2 Å². The van der Waals surface area contributed by atoms with Crippen molar-refractivity contribution in [3.8, 4) is 11.5 Å². The fourth-order valence-corrected chi connectivity index (χ4v) is 2.98. The maximum Gasteiger partial charge on any atom is 0.119 e. The zero-order valence-corrected chi connectivity index (χ0v) is 18.1. The number of rotatable bonds is 8. The van der Waals surface area contributed by atoms with E-state index in [1.807, 2.05) is 72.8 Å². The highest BCUT2D eigenvalue weighted by atomic mass is 16.5. The van der Waals surface area contributed by atoms with Gasteiger partial charge in [-0.25, -0.2) is 0 Å². The van der Waals surface area contributed by atoms with E-state index in [1.165, 1.54) is 0 Å². The third-order valence-corrected chi connectivity index (χ3v) is 4.96. The van der Waals surface area contributed by atoms with Crippen LogP contribution in [0.25, 0.3) is 0 Å². The molecule has 0 radical (unpaired) electrons. The molecule has 4 nitrogen and oxygen atoms in total. The highest BCUT2D eigenvalue weighted by Gasteiger charge is 2.16. The second-order valence-corrected chi connectivity index (χ2v) is 8.56. The molecule has 0 bridgehead atoms. The average Bonchev–Trinajstić information content (AvgIpc) is 2.71. The van der Waals surface area contributed by atoms with Gasteiger partial charge in [0.1, 0.15) is 24.7 Å². The molecule has 0 saturated heterocycles. The Balaban J connectivity index is 1.50. The summed E-state index contributed by atoms with van der Waals surface area (Å²) in [5, 5.41) is 20.0. The molecule has 3 rings (SSSR count). The first-order valence-corrected chi connectivity index (χ1v) is 10.1. The Bertz CT molecular complexity index is 848. The van der Waals surface area contributed by atoms with Crippen LogP contribution >= 0.6 is 0 Å². The standard InChI is InChI=1S/C26H30O4/c1-25(2,27)21-9-13-23(14-10-21)29-17-19-5-7-20(8-6-19)18-30-24-15-11-22(12-16-24)26(3,4)28/h5-16,27-28H,17-18H2,1-4H3. The van der Waals surface area contributed by atoms with Crippen LogP contribution in [-0.2, 0) is 24.4 Å². The summed E-state index contributed by atoms with van der Waals surface area (Å²) >= 11 is 0. The fourth-order valence-electron chi connectivity index (χ4n) is 2.98. The van der Waals surface area contributed by atoms with Gasteiger partial charge in [0.25, 0.3) is 0 Å². The van der Waals surface area contributed by atoms with Crippen molar-refractivity contribution in [3.63, 3.8) is 0 Å². The molecule has 3 aromatic carbocycles. The van der Waals surface area contributed by atoms with Crippen molar-refractivity contribution in [1.29, 1.82) is 0 Å². The number of hydrogen-bond acceptors (Lipinski definition) is 4. The second kappa shape index (κ2) is 8.90. The first-order chi connectivity index (χ1) is 14.1. The van der Waals surface area contributed by atoms with Gasteiger partial charge in [0.15, 0.2) is 0 Å². The van der Waals surface area contributed by atoms with E-state index in [0.717, 1.165) is 33.8 Å². The van der Waals surface area contributed by atoms with E-state index in [1.54, 1.807) is 27.7 Å². The van der Waals surface area contributed by atoms with Crippen molar-refractivity contribution in [2.45, 2.75) is 52.1 Å². The SMILES string of the molecule is CC(C)(O)c1ccc(OCc2ccc(COc3ccc(C(C)(C)O)cc3)cc2)cc1. The van der Waals surface area contributed by atoms with E-state index in [0.29, 0.717) is 13.2 Å². The molecule has 2 N–H and O–H groups in total. The first kappa shape index (κ1) is 21.9. The van der Waals surface area contributed by atoms with Crippen molar-refractivity contribution in [2.75, 3.05) is 0 Å². The van der Waals surface area contributed by atoms with Crippen LogP contribution in [-0.4, -0.2) is 10.2 Å². The molecule has 0 fully saturated rings. The third kappa shape index (κ3) is 6.09. The van der Waals surface area contributed by atoms with E-state index >= 15 is 0 Å². The molecule has 0 aliphatic rings. The summed E-state index contributed by atoms with van der Waals surface area (Å²) in [6.45, 7) is 8.00. The van der Waals surface area contributed by atoms with Gasteiger partial charge in [0.05, 0.1) is 11.2 Å². The first-order valence-electron chi connectivity index (χ1n) is 10.1. The van der Waals surface area contributed by atoms with Crippen LogP contribution in [0.2, 0.25) is 0 Å². The summed E-state index contributed by atoms with van der Waals surface area (Å²) < 4.78 is 11.7. The lowest BCUT2D eigenvalue weighted by atomic mass is 9.99. The summed E-state index contributed by atoms with van der Waals surface area (Å²) in [6.07, 6.45) is 0. The molecule has 0 aliphatic heterocycles. The molecule has 0 unspecified atom stereocenters. The Morgan fingerprint density at radius 3 is 1.10 bits per heavy atom. The maximum absolute atomic E-state index is 10.0. The van der Waals surface area contributed by atoms with Crippen molar-refractivity contribution in [2.24, 2.45) is 0 Å². The molecule has 0 aliphatic carbocycles. The second-order valence-electron chi connectivity index (χ2n) is 8.56. The average molecular weight is 407 g/mol. The van der Waals surface area contributed by atoms with Crippen LogP contribution in [0.15, 0.2) is 72.8 Å². The Kier molecular flexibility index (Phi) is 6.49. The Morgan fingerprint density at radius 2 is 0.833 bits per heavy atom. The number of hydrogen-bond donors (Lipinski definition) is 2. The van der Waals surface area contributed by atoms with Gasteiger partial charge < -0.3 is 19.7 Å². The van der Waals surface area contributed by atoms with Gasteiger partial charge >= 0.3 is 0 Å². The predicted molar refractivity (Wildman–Crippen MR) is 118 cm³/mol. The molecule has 0 atom stereocenters. The lowest BCUT2D eigenvalue weighted by Crippen LogP contribution is -2.15. The maximum atomic E-state index is 10.0. The van der Waals surface area contributed by atoms with Crippen LogP contribution in [0.3, 0.4) is 0 Å². The summed E-state index contributed by atoms with van der Waals surface area (Å²) in [6, 6.07) is 23.1. The Labute approximate surface area is 178 Å². The van der Waals surface area contributed by atoms with Crippen LogP contribution in [0, 0.1) is 0 Å². The van der Waals surface area contributed by atoms with Crippen molar-refractivity contribution >= 4 is 0 Å². The molecule has 3 aromatic rings. The third-order valence-electron chi connectivity index (χ3n) is 4.96. The van der Waals surface area contributed by atoms with Gasteiger partial charge in [0, 0.05) is 0 Å². The van der Waals surface area contributed by atoms with Crippen LogP contribution < -0.4 is 9.47 Å². The molecule has 0 saturated carbocycles. The van der Waals surface area contributed by atoms with E-state index in [2.05, 4.69) is 0 Å². The van der Waals surface area contributed by atoms with E-state index in [-0.39, 0.29) is 0 Å². The number of aliphatic hydroxyl groups is 2. The number of benzene rings is 3. The zero-order chi connectivity index (χ0) is 21.8. The molecule has 0 heterocycles. The van der Waals surface area contributed by atoms with Gasteiger partial charge in [-0.3, -0.25) is 0 Å². The van der Waals surface area contributed by atoms with Crippen LogP contribution in [0.4, 0.5) is 0 Å². The summed E-state index contributed by atoms with van der Waals surface area (Å²) in [5.74, 6) is 1.54. The molecule has 158 valence electrons. The molecular formula is C26H30O4. The molecule has 0 amide bonds. The zero-order valence-electron chi connectivity index (χ0n) is 18.1. The summed E-state index contributed by atoms with van der Waals surface area (Å²) in [5.41, 5.74) is 2.14. The van der Waals surface area contributed by atoms with Crippen molar-refractivity contribution in [3.05, 3.63) is 95.1 Å². The van der Waals surface area contributed by atoms with Crippen LogP contribution in [0.5, 0.6) is 11.5 Å². The molecule has 0 aromatic heterocycles. The highest BCUT2D eigenvalue weighted by Crippen LogP contribution is 2.24. The minimum Gasteiger partial charge on any atom is -0.489 e. The molecule has 0 spiro atoms. The lowest BCUT2D eigenvalue weighted by Gasteiger charge is -2.18. The van der Waals surface area contributed by atoms with Crippen molar-refractivity contribution < 1.29 is 19.7 Å². The van der Waals surface area contributed by atoms with Crippen molar-refractivity contribution in [1.82, 2.24) is 0 Å². The minimum absolute atomic E-state index is 0.474. The van der Waals surface area contributed by atoms with E-state index in [9.17, 15) is 10.2 Å². The van der Waals surface area contributed by atoms with Gasteiger partial charge in [-0.2, -0.15) is 0 Å². The lowest BCUT2D eigenvalue weighted by molar-refractivity contribution is 0.0779. The molecular weight excluding hydrogens is 376 g/mol. The summed E-state index contributed by atoms with van der Waals surface area (Å²) in [4.78, 5) is 0. The molecule has 4 heteroatoms. The van der Waals surface area contributed by atoms with Gasteiger partial charge in [-0.15, -0.1) is 0 Å². The topological polar surface area (TPSA) is 58.9 Å². The monoisotopic (exact) mass is 406 g/mol. The molecule has 30 heavy (non-hydrogen) atoms. The summed E-state index contributed by atoms with van der Waals surface area (Å²) in [7, 11) is 0. The normalized spacial score (nSPS) is 11.9. The van der Waals surface area contributed by atoms with E-state index in [4.69, 9.17) is 9.47 Å². The minimum atomic E-state index is -0.853. The van der Waals surface area contributed by atoms with Gasteiger partial charge in [0.2, 0.25) is 0 Å². The predicted octanol–water partition coefficient (Wildman–Crippen LogP) is 5.30. The highest BCUT2D eigenvalue weighted by molar-refractivity contribution is 5.32. The fraction of sp³-hybridized carbons (Fsp3) is 0.308. The quantitative estimate of drug-likeness (QED) is 0.533. The van der Waals surface area contributed by atoms with Crippen LogP contribution in [0.1, 0.15) is 49.9 Å². The smallest absolute Gasteiger partial charge is 0.119 e. The van der Waals surface area contributed by atoms with Gasteiger partial charge in [-0.1, -0.05) is 48.5 Å².